The van der Waals surface area contributed by atoms with Crippen LogP contribution in [0.15, 0.2) is 49.0 Å². The van der Waals surface area contributed by atoms with E-state index in [1.165, 1.54) is 48.0 Å². The minimum Gasteiger partial charge on any atom is -0.481 e. The molecule has 2 atom stereocenters. The molecule has 1 aliphatic carbocycles. The molecular weight excluding hydrogens is 717 g/mol. The Morgan fingerprint density at radius 1 is 1.17 bits per heavy atom. The summed E-state index contributed by atoms with van der Waals surface area (Å²) in [5.74, 6) is -1.79. The first-order valence-corrected chi connectivity index (χ1v) is 17.9. The number of hydrogen-bond acceptors (Lipinski definition) is 9. The van der Waals surface area contributed by atoms with Gasteiger partial charge in [-0.15, -0.1) is 0 Å². The summed E-state index contributed by atoms with van der Waals surface area (Å²) < 4.78 is 79.7. The van der Waals surface area contributed by atoms with Gasteiger partial charge in [0.2, 0.25) is 10.0 Å². The molecule has 53 heavy (non-hydrogen) atoms. The van der Waals surface area contributed by atoms with Crippen molar-refractivity contribution in [2.45, 2.75) is 77.1 Å². The number of carbonyl (C=O) groups excluding carboxylic acids is 1. The fraction of sp³-hybridized carbons (Fsp3) is 0.429. The van der Waals surface area contributed by atoms with Crippen molar-refractivity contribution in [1.82, 2.24) is 33.4 Å². The molecule has 0 aromatic carbocycles. The van der Waals surface area contributed by atoms with E-state index in [-0.39, 0.29) is 48.2 Å². The molecule has 18 heteroatoms. The Balaban J connectivity index is 1.64. The molecule has 5 rings (SSSR count). The topological polar surface area (TPSA) is 178 Å². The number of aryl methyl sites for hydroxylation is 2. The van der Waals surface area contributed by atoms with Gasteiger partial charge in [-0.3, -0.25) is 14.2 Å². The number of alkyl halides is 3. The average molecular weight is 757 g/mol. The SMILES string of the molecule is CC1C=CC(c2c(CN(C)C(=O)OC(C)(C)C)nn(C)c2C#N)=CC1(C)S(=O)(=O)n1cc(-c2cn(CCCC(=O)O)nc2C(F)(F)F)c2cccnc21. The van der Waals surface area contributed by atoms with Gasteiger partial charge < -0.3 is 14.7 Å². The van der Waals surface area contributed by atoms with E-state index in [1.54, 1.807) is 46.9 Å². The van der Waals surface area contributed by atoms with Crippen LogP contribution in [0.25, 0.3) is 27.7 Å². The van der Waals surface area contributed by atoms with E-state index >= 15 is 0 Å². The first-order chi connectivity index (χ1) is 24.6. The van der Waals surface area contributed by atoms with E-state index in [1.807, 2.05) is 0 Å². The maximum atomic E-state index is 14.9. The Hall–Kier alpha value is -5.44. The largest absolute Gasteiger partial charge is 0.481 e. The monoisotopic (exact) mass is 756 g/mol. The minimum atomic E-state index is -4.92. The predicted molar refractivity (Wildman–Crippen MR) is 187 cm³/mol. The van der Waals surface area contributed by atoms with Crippen molar-refractivity contribution in [3.05, 3.63) is 71.6 Å². The van der Waals surface area contributed by atoms with Crippen molar-refractivity contribution >= 4 is 38.7 Å². The molecule has 2 unspecified atom stereocenters. The van der Waals surface area contributed by atoms with Crippen molar-refractivity contribution in [3.63, 3.8) is 0 Å². The number of carboxylic acid groups (broad SMARTS) is 1. The summed E-state index contributed by atoms with van der Waals surface area (Å²) in [6, 6.07) is 5.04. The van der Waals surface area contributed by atoms with Crippen molar-refractivity contribution in [1.29, 1.82) is 5.26 Å². The molecule has 0 saturated carbocycles. The Labute approximate surface area is 303 Å². The highest BCUT2D eigenvalue weighted by molar-refractivity contribution is 7.91. The highest BCUT2D eigenvalue weighted by Gasteiger charge is 2.46. The number of pyridine rings is 1. The zero-order valence-electron chi connectivity index (χ0n) is 30.1. The Morgan fingerprint density at radius 2 is 1.87 bits per heavy atom. The fourth-order valence-electron chi connectivity index (χ4n) is 6.12. The molecule has 4 heterocycles. The van der Waals surface area contributed by atoms with Crippen LogP contribution in [0.4, 0.5) is 18.0 Å². The molecule has 0 radical (unpaired) electrons. The molecule has 0 fully saturated rings. The molecule has 4 aromatic heterocycles. The van der Waals surface area contributed by atoms with Crippen molar-refractivity contribution < 1.29 is 41.0 Å². The molecule has 14 nitrogen and oxygen atoms in total. The minimum absolute atomic E-state index is 0.0212. The van der Waals surface area contributed by atoms with Crippen LogP contribution >= 0.6 is 0 Å². The van der Waals surface area contributed by atoms with Gasteiger partial charge in [0.05, 0.1) is 12.2 Å². The van der Waals surface area contributed by atoms with E-state index in [0.29, 0.717) is 16.8 Å². The molecular formula is C35H39F3N8O6S. The fourth-order valence-corrected chi connectivity index (χ4v) is 7.98. The van der Waals surface area contributed by atoms with Crippen LogP contribution in [0.2, 0.25) is 0 Å². The number of fused-ring (bicyclic) bond motifs is 1. The Bertz CT molecular complexity index is 2310. The predicted octanol–water partition coefficient (Wildman–Crippen LogP) is 5.98. The van der Waals surface area contributed by atoms with Gasteiger partial charge in [-0.1, -0.05) is 25.2 Å². The lowest BCUT2D eigenvalue weighted by Crippen LogP contribution is -2.43. The second-order valence-electron chi connectivity index (χ2n) is 14.0. The average Bonchev–Trinajstić information content (AvgIpc) is 3.74. The second kappa shape index (κ2) is 13.8. The van der Waals surface area contributed by atoms with Gasteiger partial charge in [0, 0.05) is 67.7 Å². The third-order valence-electron chi connectivity index (χ3n) is 8.96. The number of carboxylic acids is 1. The van der Waals surface area contributed by atoms with Gasteiger partial charge >= 0.3 is 18.2 Å². The number of nitriles is 1. The van der Waals surface area contributed by atoms with Gasteiger partial charge in [-0.2, -0.15) is 28.6 Å². The molecule has 0 bridgehead atoms. The number of aliphatic carboxylic acids is 1. The summed E-state index contributed by atoms with van der Waals surface area (Å²) in [4.78, 5) is 29.4. The molecule has 1 aliphatic rings. The van der Waals surface area contributed by atoms with Gasteiger partial charge in [0.25, 0.3) is 0 Å². The Morgan fingerprint density at radius 3 is 2.49 bits per heavy atom. The number of halogens is 3. The second-order valence-corrected chi connectivity index (χ2v) is 16.3. The first-order valence-electron chi connectivity index (χ1n) is 16.5. The van der Waals surface area contributed by atoms with Crippen molar-refractivity contribution in [3.8, 4) is 17.2 Å². The van der Waals surface area contributed by atoms with E-state index < -0.39 is 55.8 Å². The van der Waals surface area contributed by atoms with Gasteiger partial charge in [0.15, 0.2) is 11.3 Å². The van der Waals surface area contributed by atoms with E-state index in [0.717, 1.165) is 21.0 Å². The molecule has 1 N–H and O–H groups in total. The lowest BCUT2D eigenvalue weighted by molar-refractivity contribution is -0.141. The number of hydrogen-bond donors (Lipinski definition) is 1. The van der Waals surface area contributed by atoms with Gasteiger partial charge in [0.1, 0.15) is 22.1 Å². The third-order valence-corrected chi connectivity index (χ3v) is 11.4. The molecule has 1 amide bonds. The van der Waals surface area contributed by atoms with Crippen LogP contribution in [-0.4, -0.2) is 76.4 Å². The number of aromatic nitrogens is 6. The maximum Gasteiger partial charge on any atom is 0.435 e. The van der Waals surface area contributed by atoms with Crippen LogP contribution < -0.4 is 0 Å². The standard InChI is InChI=1S/C35H39F3N8O6S/c1-21-12-13-22(29-26(41-44(7)27(29)17-39)20-43(6)32(49)52-33(2,3)4)16-34(21,5)53(50,51)46-19-24(23-10-8-14-40-31(23)46)25-18-45(15-9-11-28(47)48)42-30(25)35(36,37)38/h8,10,12-14,16,18-19,21H,9,11,15,20H2,1-7H3,(H,47,48). The Kier molecular flexibility index (Phi) is 10.1. The summed E-state index contributed by atoms with van der Waals surface area (Å²) >= 11 is 0. The number of rotatable bonds is 10. The summed E-state index contributed by atoms with van der Waals surface area (Å²) in [6.07, 6.45) is 2.53. The smallest absolute Gasteiger partial charge is 0.435 e. The molecule has 4 aromatic rings. The van der Waals surface area contributed by atoms with Crippen LogP contribution in [0.1, 0.15) is 70.1 Å². The van der Waals surface area contributed by atoms with Gasteiger partial charge in [-0.05, 0) is 57.7 Å². The van der Waals surface area contributed by atoms with Gasteiger partial charge in [-0.25, -0.2) is 22.2 Å². The number of carbonyl (C=O) groups is 2. The molecule has 0 spiro atoms. The van der Waals surface area contributed by atoms with E-state index in [9.17, 15) is 36.4 Å². The molecule has 0 aliphatic heterocycles. The van der Waals surface area contributed by atoms with E-state index in [4.69, 9.17) is 9.84 Å². The first kappa shape index (κ1) is 38.8. The number of amides is 1. The molecule has 282 valence electrons. The number of nitrogens with zero attached hydrogens (tertiary/aromatic N) is 8. The summed E-state index contributed by atoms with van der Waals surface area (Å²) in [5, 5.41) is 27.4. The van der Waals surface area contributed by atoms with Crippen LogP contribution in [-0.2, 0) is 45.9 Å². The maximum absolute atomic E-state index is 14.9. The van der Waals surface area contributed by atoms with Crippen LogP contribution in [0.5, 0.6) is 0 Å². The zero-order valence-corrected chi connectivity index (χ0v) is 30.9. The zero-order chi connectivity index (χ0) is 39.3. The van der Waals surface area contributed by atoms with Crippen LogP contribution in [0, 0.1) is 17.2 Å². The lowest BCUT2D eigenvalue weighted by atomic mass is 9.85. The van der Waals surface area contributed by atoms with E-state index in [2.05, 4.69) is 21.3 Å². The molecule has 0 saturated heterocycles. The number of ether oxygens (including phenoxy) is 1. The summed E-state index contributed by atoms with van der Waals surface area (Å²) in [7, 11) is -1.50. The third kappa shape index (κ3) is 7.43. The van der Waals surface area contributed by atoms with Crippen molar-refractivity contribution in [2.24, 2.45) is 13.0 Å². The van der Waals surface area contributed by atoms with Crippen LogP contribution in [0.3, 0.4) is 0 Å². The highest BCUT2D eigenvalue weighted by atomic mass is 32.2. The quantitative estimate of drug-likeness (QED) is 0.202. The van der Waals surface area contributed by atoms with Crippen molar-refractivity contribution in [2.75, 3.05) is 7.05 Å². The number of allylic oxidation sites excluding steroid dienone is 3. The summed E-state index contributed by atoms with van der Waals surface area (Å²) in [5.41, 5.74) is -1.60. The lowest BCUT2D eigenvalue weighted by Gasteiger charge is -2.34. The highest BCUT2D eigenvalue weighted by Crippen LogP contribution is 2.44. The normalized spacial score (nSPS) is 17.8. The summed E-state index contributed by atoms with van der Waals surface area (Å²) in [6.45, 7) is 8.12.